The number of carbonyl (C=O) groups excluding carboxylic acids is 3. The molecule has 6 heteroatoms. The van der Waals surface area contributed by atoms with E-state index in [-0.39, 0.29) is 12.5 Å². The first-order chi connectivity index (χ1) is 10.1. The maximum absolute atomic E-state index is 11.8. The summed E-state index contributed by atoms with van der Waals surface area (Å²) in [5.41, 5.74) is 5.69. The molecule has 0 aliphatic carbocycles. The Labute approximate surface area is 130 Å². The van der Waals surface area contributed by atoms with Crippen molar-refractivity contribution in [2.45, 2.75) is 40.3 Å². The lowest BCUT2D eigenvalue weighted by atomic mass is 9.95. The number of amides is 2. The van der Waals surface area contributed by atoms with Gasteiger partial charge >= 0.3 is 5.97 Å². The number of nitrogens with two attached hydrogens (primary N) is 1. The molecule has 0 heterocycles. The van der Waals surface area contributed by atoms with Gasteiger partial charge in [0.25, 0.3) is 0 Å². The summed E-state index contributed by atoms with van der Waals surface area (Å²) in [5.74, 6) is -1.25. The van der Waals surface area contributed by atoms with E-state index in [9.17, 15) is 14.4 Å². The summed E-state index contributed by atoms with van der Waals surface area (Å²) >= 11 is 0. The van der Waals surface area contributed by atoms with Crippen molar-refractivity contribution in [2.75, 3.05) is 0 Å². The van der Waals surface area contributed by atoms with Crippen LogP contribution in [0.25, 0.3) is 0 Å². The zero-order valence-electron chi connectivity index (χ0n) is 13.3. The number of primary amides is 1. The molecule has 0 fully saturated rings. The zero-order valence-corrected chi connectivity index (χ0v) is 13.3. The first-order valence-electron chi connectivity index (χ1n) is 6.97. The topological polar surface area (TPSA) is 98.5 Å². The fraction of sp³-hybridized carbons (Fsp3) is 0.438. The number of benzene rings is 1. The minimum Gasteiger partial charge on any atom is -0.459 e. The van der Waals surface area contributed by atoms with Gasteiger partial charge in [-0.2, -0.15) is 0 Å². The molecule has 0 aliphatic heterocycles. The Balaban J connectivity index is 2.51. The lowest BCUT2D eigenvalue weighted by Crippen LogP contribution is -2.44. The monoisotopic (exact) mass is 306 g/mol. The van der Waals surface area contributed by atoms with Crippen molar-refractivity contribution in [3.8, 4) is 0 Å². The van der Waals surface area contributed by atoms with Gasteiger partial charge in [-0.05, 0) is 24.6 Å². The highest BCUT2D eigenvalue weighted by Crippen LogP contribution is 2.13. The summed E-state index contributed by atoms with van der Waals surface area (Å²) in [6.07, 6.45) is 0. The molecule has 0 radical (unpaired) electrons. The normalized spacial score (nSPS) is 12.4. The molecule has 1 aromatic rings. The molecule has 120 valence electrons. The maximum atomic E-state index is 11.8. The van der Waals surface area contributed by atoms with Gasteiger partial charge in [0.05, 0.1) is 0 Å². The molecule has 6 nitrogen and oxygen atoms in total. The van der Waals surface area contributed by atoms with Crippen molar-refractivity contribution in [1.82, 2.24) is 5.32 Å². The minimum atomic E-state index is -0.725. The largest absolute Gasteiger partial charge is 0.459 e. The van der Waals surface area contributed by atoms with Crippen molar-refractivity contribution in [2.24, 2.45) is 11.1 Å². The molecule has 0 spiro atoms. The van der Waals surface area contributed by atoms with Crippen molar-refractivity contribution in [3.05, 3.63) is 35.4 Å². The molecule has 22 heavy (non-hydrogen) atoms. The average molecular weight is 306 g/mol. The smallest absolute Gasteiger partial charge is 0.328 e. The summed E-state index contributed by atoms with van der Waals surface area (Å²) in [7, 11) is 0. The highest BCUT2D eigenvalue weighted by Gasteiger charge is 2.25. The summed E-state index contributed by atoms with van der Waals surface area (Å²) in [4.78, 5) is 34.6. The van der Waals surface area contributed by atoms with Crippen LogP contribution in [0.3, 0.4) is 0 Å². The van der Waals surface area contributed by atoms with Crippen molar-refractivity contribution in [1.29, 1.82) is 0 Å². The predicted octanol–water partition coefficient (Wildman–Crippen LogP) is 1.38. The number of esters is 1. The molecule has 0 aromatic heterocycles. The lowest BCUT2D eigenvalue weighted by molar-refractivity contribution is -0.149. The predicted molar refractivity (Wildman–Crippen MR) is 81.8 cm³/mol. The Hall–Kier alpha value is -2.37. The highest BCUT2D eigenvalue weighted by molar-refractivity contribution is 5.92. The molecular formula is C16H22N2O4. The third-order valence-electron chi connectivity index (χ3n) is 3.00. The van der Waals surface area contributed by atoms with Crippen LogP contribution < -0.4 is 11.1 Å². The van der Waals surface area contributed by atoms with Gasteiger partial charge in [0.1, 0.15) is 12.6 Å². The molecule has 0 saturated carbocycles. The number of hydrogen-bond acceptors (Lipinski definition) is 4. The number of carbonyl (C=O) groups is 3. The van der Waals surface area contributed by atoms with Gasteiger partial charge in [-0.25, -0.2) is 4.79 Å². The molecule has 0 bridgehead atoms. The van der Waals surface area contributed by atoms with Crippen molar-refractivity contribution >= 4 is 17.8 Å². The fourth-order valence-electron chi connectivity index (χ4n) is 1.52. The van der Waals surface area contributed by atoms with E-state index in [0.29, 0.717) is 5.56 Å². The van der Waals surface area contributed by atoms with Gasteiger partial charge < -0.3 is 15.8 Å². The maximum Gasteiger partial charge on any atom is 0.328 e. The van der Waals surface area contributed by atoms with Crippen LogP contribution >= 0.6 is 0 Å². The van der Waals surface area contributed by atoms with Gasteiger partial charge in [0, 0.05) is 11.0 Å². The molecular weight excluding hydrogens is 284 g/mol. The molecule has 0 aliphatic rings. The Morgan fingerprint density at radius 1 is 1.18 bits per heavy atom. The van der Waals surface area contributed by atoms with Crippen molar-refractivity contribution in [3.63, 3.8) is 0 Å². The number of ether oxygens (including phenoxy) is 1. The van der Waals surface area contributed by atoms with Crippen LogP contribution in [-0.4, -0.2) is 23.8 Å². The Morgan fingerprint density at radius 2 is 1.73 bits per heavy atom. The van der Waals surface area contributed by atoms with E-state index in [4.69, 9.17) is 10.5 Å². The van der Waals surface area contributed by atoms with E-state index < -0.39 is 23.3 Å². The standard InChI is InChI=1S/C16H22N2O4/c1-10(18-15(21)16(2,3)4)14(20)22-9-11-5-7-12(8-6-11)13(17)19/h5-8,10H,9H2,1-4H3,(H2,17,19)(H,18,21). The summed E-state index contributed by atoms with van der Waals surface area (Å²) in [6.45, 7) is 6.93. The van der Waals surface area contributed by atoms with Crippen LogP contribution in [-0.2, 0) is 20.9 Å². The number of hydrogen-bond donors (Lipinski definition) is 2. The zero-order chi connectivity index (χ0) is 16.9. The fourth-order valence-corrected chi connectivity index (χ4v) is 1.52. The van der Waals surface area contributed by atoms with Crippen LogP contribution in [0.4, 0.5) is 0 Å². The second-order valence-electron chi connectivity index (χ2n) is 6.11. The second-order valence-corrected chi connectivity index (χ2v) is 6.11. The van der Waals surface area contributed by atoms with Gasteiger partial charge in [0.15, 0.2) is 0 Å². The van der Waals surface area contributed by atoms with Crippen LogP contribution in [0.5, 0.6) is 0 Å². The van der Waals surface area contributed by atoms with E-state index in [1.807, 2.05) is 0 Å². The first kappa shape index (κ1) is 17.7. The highest BCUT2D eigenvalue weighted by atomic mass is 16.5. The molecule has 3 N–H and O–H groups in total. The van der Waals surface area contributed by atoms with E-state index in [0.717, 1.165) is 5.56 Å². The average Bonchev–Trinajstić information content (AvgIpc) is 2.43. The molecule has 0 saturated heterocycles. The third-order valence-corrected chi connectivity index (χ3v) is 3.00. The number of nitrogens with one attached hydrogen (secondary N) is 1. The molecule has 1 unspecified atom stereocenters. The SMILES string of the molecule is CC(NC(=O)C(C)(C)C)C(=O)OCc1ccc(C(N)=O)cc1. The Bertz CT molecular complexity index is 559. The Morgan fingerprint density at radius 3 is 2.18 bits per heavy atom. The van der Waals surface area contributed by atoms with E-state index >= 15 is 0 Å². The van der Waals surface area contributed by atoms with E-state index in [2.05, 4.69) is 5.32 Å². The number of rotatable bonds is 5. The van der Waals surface area contributed by atoms with Crippen LogP contribution in [0.1, 0.15) is 43.6 Å². The molecule has 2 amide bonds. The Kier molecular flexibility index (Phi) is 5.68. The van der Waals surface area contributed by atoms with E-state index in [1.165, 1.54) is 0 Å². The van der Waals surface area contributed by atoms with Crippen molar-refractivity contribution < 1.29 is 19.1 Å². The van der Waals surface area contributed by atoms with Gasteiger partial charge in [0.2, 0.25) is 11.8 Å². The van der Waals surface area contributed by atoms with Gasteiger partial charge in [-0.15, -0.1) is 0 Å². The summed E-state index contributed by atoms with van der Waals surface area (Å²) < 4.78 is 5.13. The van der Waals surface area contributed by atoms with Crippen LogP contribution in [0.15, 0.2) is 24.3 Å². The third kappa shape index (κ3) is 5.20. The summed E-state index contributed by atoms with van der Waals surface area (Å²) in [6, 6.07) is 5.72. The second kappa shape index (κ2) is 7.06. The van der Waals surface area contributed by atoms with Gasteiger partial charge in [-0.3, -0.25) is 9.59 Å². The van der Waals surface area contributed by atoms with Crippen LogP contribution in [0, 0.1) is 5.41 Å². The quantitative estimate of drug-likeness (QED) is 0.803. The van der Waals surface area contributed by atoms with Crippen LogP contribution in [0.2, 0.25) is 0 Å². The summed E-state index contributed by atoms with van der Waals surface area (Å²) in [5, 5.41) is 2.61. The van der Waals surface area contributed by atoms with E-state index in [1.54, 1.807) is 52.0 Å². The van der Waals surface area contributed by atoms with Gasteiger partial charge in [-0.1, -0.05) is 32.9 Å². The molecule has 1 atom stereocenters. The molecule has 1 aromatic carbocycles. The molecule has 1 rings (SSSR count). The first-order valence-corrected chi connectivity index (χ1v) is 6.97. The lowest BCUT2D eigenvalue weighted by Gasteiger charge is -2.21. The minimum absolute atomic E-state index is 0.0631.